The second-order valence-corrected chi connectivity index (χ2v) is 9.45. The summed E-state index contributed by atoms with van der Waals surface area (Å²) in [4.78, 5) is 49.5. The normalized spacial score (nSPS) is 13.1. The van der Waals surface area contributed by atoms with E-state index in [1.165, 1.54) is 6.07 Å². The molecule has 2 aromatic rings. The van der Waals surface area contributed by atoms with Gasteiger partial charge < -0.3 is 25.8 Å². The number of anilines is 1. The standard InChI is InChI=1S/C26H30F3N3O6/c1-25(2,3)38-24(37)32-20(15-21(33)34)23(36)31-19(13-12-16-8-5-4-6-9-16)22(35)30-18-11-7-10-17(14-18)26(27,28)29/h4-11,14,19-20H,12-13,15H2,1-3H3,(H,30,35)(H,31,36)(H,32,37)(H,33,34)/t19-,20-/m0/s1. The van der Waals surface area contributed by atoms with Crippen molar-refractivity contribution >= 4 is 29.6 Å². The van der Waals surface area contributed by atoms with E-state index >= 15 is 0 Å². The van der Waals surface area contributed by atoms with Crippen molar-refractivity contribution in [3.8, 4) is 0 Å². The number of halogens is 3. The summed E-state index contributed by atoms with van der Waals surface area (Å²) in [6.07, 6.45) is -6.12. The average Bonchev–Trinajstić information content (AvgIpc) is 2.80. The van der Waals surface area contributed by atoms with E-state index in [1.807, 2.05) is 0 Å². The molecular weight excluding hydrogens is 507 g/mol. The van der Waals surface area contributed by atoms with Gasteiger partial charge in [-0.3, -0.25) is 14.4 Å². The molecule has 4 N–H and O–H groups in total. The van der Waals surface area contributed by atoms with Crippen LogP contribution in [0.3, 0.4) is 0 Å². The predicted molar refractivity (Wildman–Crippen MR) is 132 cm³/mol. The fourth-order valence-electron chi connectivity index (χ4n) is 3.33. The van der Waals surface area contributed by atoms with Gasteiger partial charge >= 0.3 is 18.2 Å². The van der Waals surface area contributed by atoms with E-state index < -0.39 is 59.7 Å². The number of carboxylic acid groups (broad SMARTS) is 1. The number of amides is 3. The van der Waals surface area contributed by atoms with E-state index in [0.29, 0.717) is 6.42 Å². The van der Waals surface area contributed by atoms with E-state index in [9.17, 15) is 37.5 Å². The molecule has 0 aliphatic carbocycles. The van der Waals surface area contributed by atoms with E-state index in [-0.39, 0.29) is 12.1 Å². The number of hydrogen-bond acceptors (Lipinski definition) is 5. The Morgan fingerprint density at radius 2 is 1.55 bits per heavy atom. The van der Waals surface area contributed by atoms with Gasteiger partial charge in [0.15, 0.2) is 0 Å². The monoisotopic (exact) mass is 537 g/mol. The molecule has 3 amide bonds. The molecule has 0 aliphatic heterocycles. The van der Waals surface area contributed by atoms with Gasteiger partial charge in [-0.2, -0.15) is 13.2 Å². The maximum atomic E-state index is 13.1. The molecule has 2 aromatic carbocycles. The Balaban J connectivity index is 2.24. The number of rotatable bonds is 10. The third-order valence-electron chi connectivity index (χ3n) is 5.04. The van der Waals surface area contributed by atoms with Crippen LogP contribution in [0.25, 0.3) is 0 Å². The lowest BCUT2D eigenvalue weighted by atomic mass is 10.0. The number of hydrogen-bond donors (Lipinski definition) is 4. The molecule has 2 atom stereocenters. The van der Waals surface area contributed by atoms with Crippen molar-refractivity contribution in [1.82, 2.24) is 10.6 Å². The zero-order valence-corrected chi connectivity index (χ0v) is 21.1. The van der Waals surface area contributed by atoms with Gasteiger partial charge in [0, 0.05) is 5.69 Å². The highest BCUT2D eigenvalue weighted by molar-refractivity contribution is 5.99. The summed E-state index contributed by atoms with van der Waals surface area (Å²) in [6.45, 7) is 4.74. The molecule has 0 unspecified atom stereocenters. The maximum Gasteiger partial charge on any atom is 0.416 e. The summed E-state index contributed by atoms with van der Waals surface area (Å²) in [7, 11) is 0. The Morgan fingerprint density at radius 3 is 2.13 bits per heavy atom. The zero-order valence-electron chi connectivity index (χ0n) is 21.1. The van der Waals surface area contributed by atoms with Gasteiger partial charge in [0.2, 0.25) is 11.8 Å². The first-order valence-electron chi connectivity index (χ1n) is 11.7. The quantitative estimate of drug-likeness (QED) is 0.360. The van der Waals surface area contributed by atoms with Crippen molar-refractivity contribution in [1.29, 1.82) is 0 Å². The summed E-state index contributed by atoms with van der Waals surface area (Å²) in [5.41, 5.74) is -1.20. The summed E-state index contributed by atoms with van der Waals surface area (Å²) >= 11 is 0. The van der Waals surface area contributed by atoms with Crippen LogP contribution < -0.4 is 16.0 Å². The summed E-state index contributed by atoms with van der Waals surface area (Å²) < 4.78 is 44.3. The molecule has 12 heteroatoms. The van der Waals surface area contributed by atoms with Crippen LogP contribution in [0.2, 0.25) is 0 Å². The number of alkyl carbamates (subject to hydrolysis) is 1. The second-order valence-electron chi connectivity index (χ2n) is 9.45. The lowest BCUT2D eigenvalue weighted by Crippen LogP contribution is -2.54. The van der Waals surface area contributed by atoms with Crippen LogP contribution in [0.5, 0.6) is 0 Å². The fraction of sp³-hybridized carbons (Fsp3) is 0.385. The average molecular weight is 538 g/mol. The highest BCUT2D eigenvalue weighted by atomic mass is 19.4. The number of carbonyl (C=O) groups is 4. The molecule has 0 fully saturated rings. The third-order valence-corrected chi connectivity index (χ3v) is 5.04. The fourth-order valence-corrected chi connectivity index (χ4v) is 3.33. The smallest absolute Gasteiger partial charge is 0.416 e. The molecule has 0 aromatic heterocycles. The van der Waals surface area contributed by atoms with Crippen LogP contribution >= 0.6 is 0 Å². The van der Waals surface area contributed by atoms with E-state index in [0.717, 1.165) is 23.8 Å². The molecule has 0 spiro atoms. The topological polar surface area (TPSA) is 134 Å². The summed E-state index contributed by atoms with van der Waals surface area (Å²) in [5, 5.41) is 16.2. The molecule has 0 saturated carbocycles. The van der Waals surface area contributed by atoms with Gasteiger partial charge in [-0.15, -0.1) is 0 Å². The van der Waals surface area contributed by atoms with Gasteiger partial charge in [0.25, 0.3) is 0 Å². The number of aryl methyl sites for hydroxylation is 1. The third kappa shape index (κ3) is 10.5. The zero-order chi connectivity index (χ0) is 28.5. The van der Waals surface area contributed by atoms with Gasteiger partial charge in [0.05, 0.1) is 12.0 Å². The van der Waals surface area contributed by atoms with Crippen molar-refractivity contribution in [3.63, 3.8) is 0 Å². The molecule has 0 heterocycles. The van der Waals surface area contributed by atoms with E-state index in [1.54, 1.807) is 51.1 Å². The van der Waals surface area contributed by atoms with E-state index in [2.05, 4.69) is 16.0 Å². The largest absolute Gasteiger partial charge is 0.481 e. The summed E-state index contributed by atoms with van der Waals surface area (Å²) in [6, 6.07) is 10.1. The molecule has 38 heavy (non-hydrogen) atoms. The second kappa shape index (κ2) is 12.9. The highest BCUT2D eigenvalue weighted by Crippen LogP contribution is 2.30. The van der Waals surface area contributed by atoms with Crippen molar-refractivity contribution in [3.05, 3.63) is 65.7 Å². The first-order chi connectivity index (χ1) is 17.6. The van der Waals surface area contributed by atoms with Crippen molar-refractivity contribution < 1.29 is 42.2 Å². The molecule has 0 saturated heterocycles. The SMILES string of the molecule is CC(C)(C)OC(=O)N[C@@H](CC(=O)O)C(=O)N[C@@H](CCc1ccccc1)C(=O)Nc1cccc(C(F)(F)F)c1. The number of aliphatic carboxylic acids is 1. The number of ether oxygens (including phenoxy) is 1. The molecule has 2 rings (SSSR count). The van der Waals surface area contributed by atoms with Gasteiger partial charge in [0.1, 0.15) is 17.7 Å². The minimum absolute atomic E-state index is 0.0345. The number of benzene rings is 2. The van der Waals surface area contributed by atoms with Crippen LogP contribution in [0.15, 0.2) is 54.6 Å². The Kier molecular flexibility index (Phi) is 10.3. The first kappa shape index (κ1) is 30.1. The van der Waals surface area contributed by atoms with Crippen molar-refractivity contribution in [2.24, 2.45) is 0 Å². The minimum atomic E-state index is -4.63. The molecule has 0 bridgehead atoms. The number of carboxylic acids is 1. The Labute approximate surface area is 217 Å². The maximum absolute atomic E-state index is 13.1. The Bertz CT molecular complexity index is 1130. The number of alkyl halides is 3. The number of nitrogens with one attached hydrogen (secondary N) is 3. The molecular formula is C26H30F3N3O6. The lowest BCUT2D eigenvalue weighted by molar-refractivity contribution is -0.140. The first-order valence-corrected chi connectivity index (χ1v) is 11.7. The molecule has 206 valence electrons. The van der Waals surface area contributed by atoms with Crippen LogP contribution in [-0.2, 0) is 31.7 Å². The number of carbonyl (C=O) groups excluding carboxylic acids is 3. The van der Waals surface area contributed by atoms with E-state index in [4.69, 9.17) is 4.74 Å². The minimum Gasteiger partial charge on any atom is -0.481 e. The Morgan fingerprint density at radius 1 is 0.895 bits per heavy atom. The van der Waals surface area contributed by atoms with Gasteiger partial charge in [-0.1, -0.05) is 36.4 Å². The van der Waals surface area contributed by atoms with Crippen molar-refractivity contribution in [2.75, 3.05) is 5.32 Å². The Hall–Kier alpha value is -4.09. The molecule has 9 nitrogen and oxygen atoms in total. The molecule has 0 aliphatic rings. The summed E-state index contributed by atoms with van der Waals surface area (Å²) in [5.74, 6) is -3.19. The van der Waals surface area contributed by atoms with Crippen LogP contribution in [0.1, 0.15) is 44.7 Å². The van der Waals surface area contributed by atoms with Gasteiger partial charge in [-0.25, -0.2) is 4.79 Å². The van der Waals surface area contributed by atoms with Crippen molar-refractivity contribution in [2.45, 2.75) is 63.9 Å². The molecule has 0 radical (unpaired) electrons. The van der Waals surface area contributed by atoms with Crippen LogP contribution in [0.4, 0.5) is 23.7 Å². The van der Waals surface area contributed by atoms with Crippen LogP contribution in [-0.4, -0.2) is 46.7 Å². The van der Waals surface area contributed by atoms with Crippen LogP contribution in [0, 0.1) is 0 Å². The lowest BCUT2D eigenvalue weighted by Gasteiger charge is -2.24. The highest BCUT2D eigenvalue weighted by Gasteiger charge is 2.32. The van der Waals surface area contributed by atoms with Gasteiger partial charge in [-0.05, 0) is 57.4 Å². The predicted octanol–water partition coefficient (Wildman–Crippen LogP) is 4.13.